The molecule has 0 unspecified atom stereocenters. The molecule has 1 aromatic rings. The van der Waals surface area contributed by atoms with E-state index in [0.29, 0.717) is 0 Å². The standard InChI is InChI=1S/C15H20N2O/c1-15(9-6-10-15)14(16-2)17-13(11-18)12-7-4-3-5-8-12/h3-5,7-8,13-14,17-18H,6,9-11H2,1H3/t13-,14-/m0/s1. The Kier molecular flexibility index (Phi) is 4.00. The zero-order chi connectivity index (χ0) is 13.0. The second kappa shape index (κ2) is 5.51. The fourth-order valence-electron chi connectivity index (χ4n) is 2.53. The Hall–Kier alpha value is -1.37. The zero-order valence-electron chi connectivity index (χ0n) is 10.8. The van der Waals surface area contributed by atoms with Crippen LogP contribution in [0.5, 0.6) is 0 Å². The molecule has 1 saturated carbocycles. The fourth-order valence-corrected chi connectivity index (χ4v) is 2.53. The van der Waals surface area contributed by atoms with Gasteiger partial charge >= 0.3 is 0 Å². The van der Waals surface area contributed by atoms with Crippen LogP contribution in [-0.4, -0.2) is 17.9 Å². The first-order valence-electron chi connectivity index (χ1n) is 6.48. The van der Waals surface area contributed by atoms with Gasteiger partial charge in [-0.3, -0.25) is 4.85 Å². The van der Waals surface area contributed by atoms with Crippen molar-refractivity contribution in [2.45, 2.75) is 38.4 Å². The number of nitrogens with one attached hydrogen (secondary N) is 1. The van der Waals surface area contributed by atoms with Crippen LogP contribution in [0.25, 0.3) is 4.85 Å². The van der Waals surface area contributed by atoms with Crippen LogP contribution in [0.2, 0.25) is 0 Å². The van der Waals surface area contributed by atoms with Gasteiger partial charge in [0.05, 0.1) is 18.1 Å². The molecule has 96 valence electrons. The zero-order valence-corrected chi connectivity index (χ0v) is 10.8. The van der Waals surface area contributed by atoms with Crippen molar-refractivity contribution in [1.82, 2.24) is 5.32 Å². The third-order valence-corrected chi connectivity index (χ3v) is 4.03. The molecule has 0 bridgehead atoms. The van der Waals surface area contributed by atoms with Gasteiger partial charge in [0.15, 0.2) is 0 Å². The summed E-state index contributed by atoms with van der Waals surface area (Å²) >= 11 is 0. The second-order valence-electron chi connectivity index (χ2n) is 5.35. The van der Waals surface area contributed by atoms with Gasteiger partial charge in [-0.05, 0) is 18.4 Å². The Morgan fingerprint density at radius 1 is 1.39 bits per heavy atom. The van der Waals surface area contributed by atoms with Crippen molar-refractivity contribution in [2.24, 2.45) is 5.41 Å². The van der Waals surface area contributed by atoms with Gasteiger partial charge in [-0.15, -0.1) is 0 Å². The fraction of sp³-hybridized carbons (Fsp3) is 0.533. The molecule has 2 atom stereocenters. The predicted octanol–water partition coefficient (Wildman–Crippen LogP) is 2.75. The summed E-state index contributed by atoms with van der Waals surface area (Å²) in [6, 6.07) is 9.69. The predicted molar refractivity (Wildman–Crippen MR) is 71.8 cm³/mol. The maximum atomic E-state index is 9.51. The van der Waals surface area contributed by atoms with Crippen LogP contribution in [0, 0.1) is 12.0 Å². The highest BCUT2D eigenvalue weighted by Crippen LogP contribution is 2.44. The summed E-state index contributed by atoms with van der Waals surface area (Å²) in [6.45, 7) is 9.54. The topological polar surface area (TPSA) is 36.6 Å². The third-order valence-electron chi connectivity index (χ3n) is 4.03. The van der Waals surface area contributed by atoms with Gasteiger partial charge in [0, 0.05) is 0 Å². The van der Waals surface area contributed by atoms with Crippen LogP contribution in [0.3, 0.4) is 0 Å². The van der Waals surface area contributed by atoms with Crippen LogP contribution in [0.15, 0.2) is 30.3 Å². The largest absolute Gasteiger partial charge is 0.394 e. The van der Waals surface area contributed by atoms with Crippen molar-refractivity contribution in [1.29, 1.82) is 0 Å². The van der Waals surface area contributed by atoms with E-state index in [9.17, 15) is 5.11 Å². The molecule has 0 spiro atoms. The molecule has 1 aromatic carbocycles. The van der Waals surface area contributed by atoms with Crippen molar-refractivity contribution >= 4 is 0 Å². The molecule has 3 heteroatoms. The molecule has 0 amide bonds. The van der Waals surface area contributed by atoms with Crippen LogP contribution < -0.4 is 5.32 Å². The van der Waals surface area contributed by atoms with Crippen LogP contribution in [0.4, 0.5) is 0 Å². The van der Waals surface area contributed by atoms with Crippen molar-refractivity contribution < 1.29 is 5.11 Å². The van der Waals surface area contributed by atoms with Gasteiger partial charge in [0.1, 0.15) is 0 Å². The molecule has 0 aromatic heterocycles. The number of aliphatic hydroxyl groups excluding tert-OH is 1. The Bertz CT molecular complexity index is 420. The molecule has 1 fully saturated rings. The van der Waals surface area contributed by atoms with Gasteiger partial charge in [0.2, 0.25) is 0 Å². The molecular weight excluding hydrogens is 224 g/mol. The average Bonchev–Trinajstić information content (AvgIpc) is 2.38. The lowest BCUT2D eigenvalue weighted by molar-refractivity contribution is 0.103. The molecule has 3 nitrogen and oxygen atoms in total. The molecular formula is C15H20N2O. The van der Waals surface area contributed by atoms with Crippen molar-refractivity contribution in [3.8, 4) is 0 Å². The Morgan fingerprint density at radius 2 is 2.06 bits per heavy atom. The number of rotatable bonds is 5. The highest BCUT2D eigenvalue weighted by molar-refractivity contribution is 5.19. The van der Waals surface area contributed by atoms with Gasteiger partial charge in [-0.1, -0.05) is 43.7 Å². The van der Waals surface area contributed by atoms with Crippen LogP contribution in [-0.2, 0) is 0 Å². The summed E-state index contributed by atoms with van der Waals surface area (Å²) in [7, 11) is 0. The van der Waals surface area contributed by atoms with Crippen molar-refractivity contribution in [2.75, 3.05) is 6.61 Å². The number of benzene rings is 1. The summed E-state index contributed by atoms with van der Waals surface area (Å²) < 4.78 is 0. The lowest BCUT2D eigenvalue weighted by Gasteiger charge is -2.39. The lowest BCUT2D eigenvalue weighted by Crippen LogP contribution is -2.47. The highest BCUT2D eigenvalue weighted by Gasteiger charge is 2.45. The van der Waals surface area contributed by atoms with E-state index in [1.165, 1.54) is 6.42 Å². The summed E-state index contributed by atoms with van der Waals surface area (Å²) in [4.78, 5) is 3.72. The van der Waals surface area contributed by atoms with Crippen molar-refractivity contribution in [3.63, 3.8) is 0 Å². The number of hydrogen-bond acceptors (Lipinski definition) is 2. The van der Waals surface area contributed by atoms with Gasteiger partial charge < -0.3 is 5.11 Å². The van der Waals surface area contributed by atoms with Crippen LogP contribution in [0.1, 0.15) is 37.8 Å². The van der Waals surface area contributed by atoms with E-state index >= 15 is 0 Å². The Balaban J connectivity index is 2.08. The molecule has 1 aliphatic rings. The summed E-state index contributed by atoms with van der Waals surface area (Å²) in [5, 5.41) is 12.8. The first kappa shape index (κ1) is 13.1. The van der Waals surface area contributed by atoms with Crippen molar-refractivity contribution in [3.05, 3.63) is 47.3 Å². The first-order chi connectivity index (χ1) is 8.69. The van der Waals surface area contributed by atoms with E-state index in [1.807, 2.05) is 30.3 Å². The normalized spacial score (nSPS) is 20.5. The number of nitrogens with zero attached hydrogens (tertiary/aromatic N) is 1. The number of aliphatic hydroxyl groups is 1. The van der Waals surface area contributed by atoms with E-state index < -0.39 is 0 Å². The smallest absolute Gasteiger partial charge is 0.283 e. The second-order valence-corrected chi connectivity index (χ2v) is 5.35. The van der Waals surface area contributed by atoms with E-state index in [2.05, 4.69) is 17.1 Å². The summed E-state index contributed by atoms with van der Waals surface area (Å²) in [6.07, 6.45) is 3.20. The van der Waals surface area contributed by atoms with E-state index in [1.54, 1.807) is 0 Å². The minimum absolute atomic E-state index is 0.0200. The summed E-state index contributed by atoms with van der Waals surface area (Å²) in [5.41, 5.74) is 1.11. The molecule has 2 N–H and O–H groups in total. The molecule has 1 aliphatic carbocycles. The third kappa shape index (κ3) is 2.55. The number of hydrogen-bond donors (Lipinski definition) is 2. The maximum Gasteiger partial charge on any atom is 0.283 e. The highest BCUT2D eigenvalue weighted by atomic mass is 16.3. The molecule has 0 radical (unpaired) electrons. The Labute approximate surface area is 109 Å². The molecule has 18 heavy (non-hydrogen) atoms. The minimum Gasteiger partial charge on any atom is -0.394 e. The first-order valence-corrected chi connectivity index (χ1v) is 6.48. The van der Waals surface area contributed by atoms with Gasteiger partial charge in [-0.2, -0.15) is 0 Å². The monoisotopic (exact) mass is 244 g/mol. The van der Waals surface area contributed by atoms with Gasteiger partial charge in [0.25, 0.3) is 6.17 Å². The molecule has 0 heterocycles. The molecule has 2 rings (SSSR count). The maximum absolute atomic E-state index is 9.51. The SMILES string of the molecule is [C-]#[N+][C@@H](N[C@@H](CO)c1ccccc1)C1(C)CCC1. The van der Waals surface area contributed by atoms with E-state index in [-0.39, 0.29) is 24.2 Å². The summed E-state index contributed by atoms with van der Waals surface area (Å²) in [5.74, 6) is 0. The quantitative estimate of drug-likeness (QED) is 0.781. The van der Waals surface area contributed by atoms with E-state index in [4.69, 9.17) is 6.57 Å². The van der Waals surface area contributed by atoms with Gasteiger partial charge in [-0.25, -0.2) is 11.9 Å². The molecule has 0 saturated heterocycles. The average molecular weight is 244 g/mol. The lowest BCUT2D eigenvalue weighted by atomic mass is 9.68. The molecule has 0 aliphatic heterocycles. The van der Waals surface area contributed by atoms with Crippen LogP contribution >= 0.6 is 0 Å². The Morgan fingerprint density at radius 3 is 2.50 bits per heavy atom. The van der Waals surface area contributed by atoms with E-state index in [0.717, 1.165) is 18.4 Å². The minimum atomic E-state index is -0.205.